The first kappa shape index (κ1) is 18.3. The van der Waals surface area contributed by atoms with Gasteiger partial charge in [0.15, 0.2) is 15.6 Å². The predicted molar refractivity (Wildman–Crippen MR) is 89.7 cm³/mol. The Morgan fingerprint density at radius 1 is 1.28 bits per heavy atom. The summed E-state index contributed by atoms with van der Waals surface area (Å²) >= 11 is 0. The molecule has 2 aliphatic heterocycles. The number of sulfone groups is 1. The largest absolute Gasteiger partial charge is 0.468 e. The quantitative estimate of drug-likeness (QED) is 0.788. The van der Waals surface area contributed by atoms with Crippen LogP contribution in [-0.2, 0) is 28.8 Å². The standard InChI is InChI=1S/C17H23NO6S/c1-17(2)23-10-13(24-17)15-14(9-12(18-15)16(19)22-3)25(20,21)11-7-5-4-6-8-11/h4-8,12-15,18H,9-10H2,1-3H3/t12-,13+,14+,15-/m0/s1. The summed E-state index contributed by atoms with van der Waals surface area (Å²) in [6.07, 6.45) is -0.331. The van der Waals surface area contributed by atoms with Crippen molar-refractivity contribution in [1.82, 2.24) is 5.32 Å². The number of nitrogens with one attached hydrogen (secondary N) is 1. The average molecular weight is 369 g/mol. The van der Waals surface area contributed by atoms with Crippen molar-refractivity contribution in [2.24, 2.45) is 0 Å². The average Bonchev–Trinajstić information content (AvgIpc) is 3.18. The lowest BCUT2D eigenvalue weighted by Crippen LogP contribution is -2.48. The summed E-state index contributed by atoms with van der Waals surface area (Å²) in [7, 11) is -2.36. The number of hydrogen-bond acceptors (Lipinski definition) is 7. The van der Waals surface area contributed by atoms with Gasteiger partial charge in [-0.1, -0.05) is 18.2 Å². The summed E-state index contributed by atoms with van der Waals surface area (Å²) < 4.78 is 42.5. The van der Waals surface area contributed by atoms with Crippen LogP contribution >= 0.6 is 0 Å². The van der Waals surface area contributed by atoms with Gasteiger partial charge in [0.25, 0.3) is 0 Å². The molecule has 0 radical (unpaired) electrons. The zero-order valence-electron chi connectivity index (χ0n) is 14.5. The minimum Gasteiger partial charge on any atom is -0.468 e. The first-order chi connectivity index (χ1) is 11.7. The van der Waals surface area contributed by atoms with E-state index in [0.29, 0.717) is 0 Å². The second-order valence-corrected chi connectivity index (χ2v) is 8.93. The molecule has 0 amide bonds. The summed E-state index contributed by atoms with van der Waals surface area (Å²) in [6.45, 7) is 3.82. The van der Waals surface area contributed by atoms with Crippen molar-refractivity contribution in [3.05, 3.63) is 30.3 Å². The van der Waals surface area contributed by atoms with Crippen LogP contribution in [0.5, 0.6) is 0 Å². The van der Waals surface area contributed by atoms with E-state index in [9.17, 15) is 13.2 Å². The van der Waals surface area contributed by atoms with E-state index in [2.05, 4.69) is 5.32 Å². The molecule has 0 aliphatic carbocycles. The normalized spacial score (nSPS) is 31.8. The molecule has 2 fully saturated rings. The van der Waals surface area contributed by atoms with Gasteiger partial charge in [0.1, 0.15) is 12.1 Å². The maximum atomic E-state index is 13.1. The summed E-state index contributed by atoms with van der Waals surface area (Å²) in [6, 6.07) is 7.00. The van der Waals surface area contributed by atoms with E-state index < -0.39 is 45.0 Å². The maximum absolute atomic E-state index is 13.1. The third kappa shape index (κ3) is 3.57. The van der Waals surface area contributed by atoms with Gasteiger partial charge in [-0.15, -0.1) is 0 Å². The molecule has 4 atom stereocenters. The molecule has 0 aromatic heterocycles. The number of hydrogen-bond donors (Lipinski definition) is 1. The van der Waals surface area contributed by atoms with E-state index in [-0.39, 0.29) is 17.9 Å². The Morgan fingerprint density at radius 3 is 2.52 bits per heavy atom. The van der Waals surface area contributed by atoms with E-state index in [4.69, 9.17) is 14.2 Å². The topological polar surface area (TPSA) is 90.9 Å². The summed E-state index contributed by atoms with van der Waals surface area (Å²) in [5, 5.41) is 2.28. The first-order valence-electron chi connectivity index (χ1n) is 8.19. The minimum atomic E-state index is -3.64. The number of carbonyl (C=O) groups is 1. The van der Waals surface area contributed by atoms with Crippen molar-refractivity contribution in [2.75, 3.05) is 13.7 Å². The van der Waals surface area contributed by atoms with Crippen molar-refractivity contribution < 1.29 is 27.4 Å². The Balaban J connectivity index is 1.92. The second-order valence-electron chi connectivity index (χ2n) is 6.77. The molecule has 2 aliphatic rings. The molecule has 2 saturated heterocycles. The van der Waals surface area contributed by atoms with Crippen molar-refractivity contribution in [3.63, 3.8) is 0 Å². The van der Waals surface area contributed by atoms with E-state index >= 15 is 0 Å². The van der Waals surface area contributed by atoms with Crippen molar-refractivity contribution in [1.29, 1.82) is 0 Å². The van der Waals surface area contributed by atoms with Crippen LogP contribution in [0.4, 0.5) is 0 Å². The number of carbonyl (C=O) groups excluding carboxylic acids is 1. The Bertz CT molecular complexity index is 733. The van der Waals surface area contributed by atoms with E-state index in [1.54, 1.807) is 44.2 Å². The molecule has 2 heterocycles. The summed E-state index contributed by atoms with van der Waals surface area (Å²) in [4.78, 5) is 12.2. The number of ether oxygens (including phenoxy) is 3. The summed E-state index contributed by atoms with van der Waals surface area (Å²) in [5.41, 5.74) is 0. The predicted octanol–water partition coefficient (Wildman–Crippen LogP) is 0.884. The van der Waals surface area contributed by atoms with Crippen LogP contribution in [0.1, 0.15) is 20.3 Å². The monoisotopic (exact) mass is 369 g/mol. The fourth-order valence-corrected chi connectivity index (χ4v) is 5.41. The van der Waals surface area contributed by atoms with E-state index in [1.807, 2.05) is 0 Å². The van der Waals surface area contributed by atoms with Crippen LogP contribution in [0.25, 0.3) is 0 Å². The lowest BCUT2D eigenvalue weighted by molar-refractivity contribution is -0.144. The highest BCUT2D eigenvalue weighted by Crippen LogP contribution is 2.34. The zero-order valence-corrected chi connectivity index (χ0v) is 15.3. The fourth-order valence-electron chi connectivity index (χ4n) is 3.44. The number of esters is 1. The molecule has 1 aromatic carbocycles. The van der Waals surface area contributed by atoms with Gasteiger partial charge in [-0.3, -0.25) is 10.1 Å². The van der Waals surface area contributed by atoms with Crippen LogP contribution in [0.2, 0.25) is 0 Å². The third-order valence-corrected chi connectivity index (χ3v) is 6.86. The van der Waals surface area contributed by atoms with Crippen LogP contribution in [0, 0.1) is 0 Å². The number of rotatable bonds is 4. The highest BCUT2D eigenvalue weighted by molar-refractivity contribution is 7.92. The lowest BCUT2D eigenvalue weighted by atomic mass is 10.1. The summed E-state index contributed by atoms with van der Waals surface area (Å²) in [5.74, 6) is -1.26. The van der Waals surface area contributed by atoms with Crippen molar-refractivity contribution in [3.8, 4) is 0 Å². The number of methoxy groups -OCH3 is 1. The van der Waals surface area contributed by atoms with Crippen LogP contribution < -0.4 is 5.32 Å². The highest BCUT2D eigenvalue weighted by atomic mass is 32.2. The smallest absolute Gasteiger partial charge is 0.322 e. The van der Waals surface area contributed by atoms with Crippen LogP contribution in [0.15, 0.2) is 35.2 Å². The third-order valence-electron chi connectivity index (χ3n) is 4.65. The Morgan fingerprint density at radius 2 is 1.96 bits per heavy atom. The first-order valence-corrected chi connectivity index (χ1v) is 9.74. The van der Waals surface area contributed by atoms with Crippen LogP contribution in [-0.4, -0.2) is 57.3 Å². The Hall–Kier alpha value is -1.48. The SMILES string of the molecule is COC(=O)[C@@H]1C[C@@H](S(=O)(=O)c2ccccc2)[C@H]([C@H]2COC(C)(C)O2)N1. The molecule has 8 heteroatoms. The molecule has 1 N–H and O–H groups in total. The number of benzene rings is 1. The highest BCUT2D eigenvalue weighted by Gasteiger charge is 2.51. The molecule has 25 heavy (non-hydrogen) atoms. The van der Waals surface area contributed by atoms with E-state index in [0.717, 1.165) is 0 Å². The van der Waals surface area contributed by atoms with Gasteiger partial charge in [0, 0.05) is 0 Å². The van der Waals surface area contributed by atoms with Gasteiger partial charge < -0.3 is 14.2 Å². The molecular weight excluding hydrogens is 346 g/mol. The molecular formula is C17H23NO6S. The molecule has 0 saturated carbocycles. The fraction of sp³-hybridized carbons (Fsp3) is 0.588. The zero-order chi connectivity index (χ0) is 18.2. The molecule has 3 rings (SSSR count). The molecule has 0 unspecified atom stereocenters. The molecule has 7 nitrogen and oxygen atoms in total. The van der Waals surface area contributed by atoms with E-state index in [1.165, 1.54) is 7.11 Å². The van der Waals surface area contributed by atoms with Crippen LogP contribution in [0.3, 0.4) is 0 Å². The van der Waals surface area contributed by atoms with Gasteiger partial charge in [-0.25, -0.2) is 8.42 Å². The van der Waals surface area contributed by atoms with Gasteiger partial charge in [0.2, 0.25) is 0 Å². The Kier molecular flexibility index (Phi) is 4.89. The van der Waals surface area contributed by atoms with Crippen molar-refractivity contribution in [2.45, 2.75) is 54.4 Å². The maximum Gasteiger partial charge on any atom is 0.322 e. The minimum absolute atomic E-state index is 0.134. The Labute approximate surface area is 147 Å². The lowest BCUT2D eigenvalue weighted by Gasteiger charge is -2.25. The van der Waals surface area contributed by atoms with Gasteiger partial charge in [-0.2, -0.15) is 0 Å². The van der Waals surface area contributed by atoms with Crippen molar-refractivity contribution >= 4 is 15.8 Å². The molecule has 1 aromatic rings. The van der Waals surface area contributed by atoms with Gasteiger partial charge in [0.05, 0.1) is 29.9 Å². The molecule has 0 spiro atoms. The molecule has 0 bridgehead atoms. The van der Waals surface area contributed by atoms with Gasteiger partial charge in [-0.05, 0) is 32.4 Å². The molecule has 138 valence electrons. The van der Waals surface area contributed by atoms with Gasteiger partial charge >= 0.3 is 5.97 Å². The second kappa shape index (κ2) is 6.68.